The van der Waals surface area contributed by atoms with Gasteiger partial charge in [0, 0.05) is 0 Å². The molecule has 0 radical (unpaired) electrons. The first-order chi connectivity index (χ1) is 18.7. The van der Waals surface area contributed by atoms with E-state index >= 15 is 17.6 Å². The third-order valence-electron chi connectivity index (χ3n) is 6.58. The summed E-state index contributed by atoms with van der Waals surface area (Å²) in [4.78, 5) is 24.2. The molecule has 0 unspecified atom stereocenters. The fourth-order valence-electron chi connectivity index (χ4n) is 5.10. The van der Waals surface area contributed by atoms with Crippen LogP contribution in [0.4, 0.5) is 38.5 Å². The van der Waals surface area contributed by atoms with Gasteiger partial charge >= 0.3 is 227 Å². The van der Waals surface area contributed by atoms with E-state index in [1.165, 1.54) is 0 Å². The maximum absolute atomic E-state index is 16.4. The van der Waals surface area contributed by atoms with E-state index < -0.39 is 79.6 Å². The number of carbonyl (C=O) groups excluding carboxylic acids is 2. The van der Waals surface area contributed by atoms with E-state index in [-0.39, 0.29) is 13.2 Å². The molecule has 6 nitrogen and oxygen atoms in total. The second-order valence-corrected chi connectivity index (χ2v) is 15.1. The molecule has 2 aliphatic rings. The number of hydrogen-bond donors (Lipinski definition) is 2. The molecule has 204 valence electrons. The molecule has 0 bridgehead atoms. The van der Waals surface area contributed by atoms with E-state index in [2.05, 4.69) is 10.6 Å². The number of carbonyl (C=O) groups is 2. The van der Waals surface area contributed by atoms with Crippen molar-refractivity contribution < 1.29 is 53.2 Å². The first kappa shape index (κ1) is 28.4. The number of anilines is 2. The molecule has 2 amide bonds. The molecule has 0 aliphatic heterocycles. The average molecular weight is 578 g/mol. The van der Waals surface area contributed by atoms with Crippen LogP contribution in [0.3, 0.4) is 0 Å². The molecule has 0 saturated carbocycles. The van der Waals surface area contributed by atoms with Gasteiger partial charge in [0.2, 0.25) is 0 Å². The SMILES string of the molecule is CCOC(=O)Nc1ccc(F)[c]([Ti]([c]2c(F)ccc(NC(=O)OCC)c2F)([CH]2C=CC=C2)[CH]2C=CC=C2)c1F. The summed E-state index contributed by atoms with van der Waals surface area (Å²) in [6.45, 7) is 3.14. The summed E-state index contributed by atoms with van der Waals surface area (Å²) in [6, 6.07) is 3.98. The molecule has 4 rings (SSSR count). The Morgan fingerprint density at radius 3 is 1.38 bits per heavy atom. The Morgan fingerprint density at radius 1 is 0.692 bits per heavy atom. The molecular weight excluding hydrogens is 552 g/mol. The normalized spacial score (nSPS) is 14.7. The number of amides is 2. The van der Waals surface area contributed by atoms with Crippen molar-refractivity contribution in [1.29, 1.82) is 0 Å². The van der Waals surface area contributed by atoms with E-state index in [4.69, 9.17) is 9.47 Å². The first-order valence-electron chi connectivity index (χ1n) is 12.3. The summed E-state index contributed by atoms with van der Waals surface area (Å²) < 4.78 is 71.8. The number of ether oxygens (including phenoxy) is 2. The van der Waals surface area contributed by atoms with Crippen LogP contribution in [0.25, 0.3) is 0 Å². The van der Waals surface area contributed by atoms with Gasteiger partial charge in [0.15, 0.2) is 0 Å². The van der Waals surface area contributed by atoms with Crippen molar-refractivity contribution >= 4 is 31.3 Å². The quantitative estimate of drug-likeness (QED) is 0.284. The van der Waals surface area contributed by atoms with Crippen molar-refractivity contribution in [2.75, 3.05) is 23.8 Å². The molecule has 0 heterocycles. The Morgan fingerprint density at radius 2 is 1.05 bits per heavy atom. The number of hydrogen-bond acceptors (Lipinski definition) is 4. The van der Waals surface area contributed by atoms with Gasteiger partial charge in [-0.25, -0.2) is 0 Å². The van der Waals surface area contributed by atoms with E-state index in [9.17, 15) is 9.59 Å². The van der Waals surface area contributed by atoms with Crippen LogP contribution in [-0.2, 0) is 26.1 Å². The van der Waals surface area contributed by atoms with E-state index in [0.717, 1.165) is 24.3 Å². The molecule has 11 heteroatoms. The van der Waals surface area contributed by atoms with Crippen LogP contribution in [0.1, 0.15) is 13.8 Å². The van der Waals surface area contributed by atoms with Gasteiger partial charge in [-0.05, 0) is 0 Å². The Balaban J connectivity index is 2.06. The fraction of sp³-hybridized carbons (Fsp3) is 0.214. The van der Waals surface area contributed by atoms with Gasteiger partial charge in [-0.3, -0.25) is 0 Å². The molecule has 0 aromatic heterocycles. The zero-order valence-corrected chi connectivity index (χ0v) is 22.7. The van der Waals surface area contributed by atoms with Crippen molar-refractivity contribution in [3.8, 4) is 0 Å². The number of rotatable bonds is 8. The Hall–Kier alpha value is -3.63. The molecule has 0 spiro atoms. The number of halogens is 4. The predicted octanol–water partition coefficient (Wildman–Crippen LogP) is 6.31. The van der Waals surface area contributed by atoms with Gasteiger partial charge in [0.1, 0.15) is 0 Å². The molecule has 2 N–H and O–H groups in total. The monoisotopic (exact) mass is 578 g/mol. The Labute approximate surface area is 226 Å². The Bertz CT molecular complexity index is 1280. The van der Waals surface area contributed by atoms with Crippen LogP contribution in [-0.4, -0.2) is 25.4 Å². The van der Waals surface area contributed by atoms with Gasteiger partial charge in [-0.1, -0.05) is 0 Å². The van der Waals surface area contributed by atoms with Crippen molar-refractivity contribution in [2.24, 2.45) is 0 Å². The second kappa shape index (κ2) is 12.0. The third kappa shape index (κ3) is 5.31. The molecule has 0 atom stereocenters. The van der Waals surface area contributed by atoms with Gasteiger partial charge in [-0.15, -0.1) is 0 Å². The van der Waals surface area contributed by atoms with Crippen molar-refractivity contribution in [3.05, 3.63) is 96.1 Å². The van der Waals surface area contributed by atoms with Crippen LogP contribution >= 0.6 is 0 Å². The number of nitrogens with one attached hydrogen (secondary N) is 2. The summed E-state index contributed by atoms with van der Waals surface area (Å²) in [7, 11) is 0. The summed E-state index contributed by atoms with van der Waals surface area (Å²) in [6.07, 6.45) is 11.3. The van der Waals surface area contributed by atoms with Gasteiger partial charge in [-0.2, -0.15) is 0 Å². The zero-order valence-electron chi connectivity index (χ0n) is 21.1. The minimum atomic E-state index is -5.07. The predicted molar refractivity (Wildman–Crippen MR) is 137 cm³/mol. The van der Waals surface area contributed by atoms with Crippen LogP contribution in [0, 0.1) is 23.3 Å². The van der Waals surface area contributed by atoms with Crippen LogP contribution in [0.15, 0.2) is 72.9 Å². The zero-order chi connectivity index (χ0) is 28.2. The van der Waals surface area contributed by atoms with Crippen molar-refractivity contribution in [1.82, 2.24) is 0 Å². The molecular formula is C28H26F4N2O4Ti. The van der Waals surface area contributed by atoms with Gasteiger partial charge in [0.25, 0.3) is 0 Å². The number of allylic oxidation sites excluding steroid dienone is 8. The third-order valence-corrected chi connectivity index (χ3v) is 15.1. The summed E-state index contributed by atoms with van der Waals surface area (Å²) in [5, 5.41) is 4.52. The fourth-order valence-corrected chi connectivity index (χ4v) is 13.9. The van der Waals surface area contributed by atoms with E-state index in [1.54, 1.807) is 62.5 Å². The van der Waals surface area contributed by atoms with Crippen molar-refractivity contribution in [3.63, 3.8) is 0 Å². The molecule has 2 aromatic carbocycles. The standard InChI is InChI=1S/2C9H8F2NO2.2C5H5.Ti/c2*1-2-14-9(13)12-8-4-3-6(10)5-7(8)11;2*1-2-4-5-3-1;/h2*3-4H,2H2,1H3,(H,12,13);2*1-5H;. The molecule has 39 heavy (non-hydrogen) atoms. The molecule has 0 fully saturated rings. The summed E-state index contributed by atoms with van der Waals surface area (Å²) in [5.41, 5.74) is -0.781. The first-order valence-corrected chi connectivity index (χ1v) is 15.7. The van der Waals surface area contributed by atoms with Crippen LogP contribution in [0.2, 0.25) is 8.45 Å². The average Bonchev–Trinajstić information content (AvgIpc) is 3.62. The summed E-state index contributed by atoms with van der Waals surface area (Å²) in [5.74, 6) is -4.31. The topological polar surface area (TPSA) is 76.7 Å². The minimum absolute atomic E-state index is 0.00919. The van der Waals surface area contributed by atoms with Crippen LogP contribution < -0.4 is 18.4 Å². The molecule has 2 aliphatic carbocycles. The number of benzene rings is 2. The maximum atomic E-state index is 16.4. The van der Waals surface area contributed by atoms with E-state index in [1.807, 2.05) is 0 Å². The van der Waals surface area contributed by atoms with Crippen molar-refractivity contribution in [2.45, 2.75) is 22.3 Å². The Kier molecular flexibility index (Phi) is 8.77. The van der Waals surface area contributed by atoms with Gasteiger partial charge in [0.05, 0.1) is 0 Å². The van der Waals surface area contributed by atoms with Crippen LogP contribution in [0.5, 0.6) is 0 Å². The molecule has 0 saturated heterocycles. The van der Waals surface area contributed by atoms with E-state index in [0.29, 0.717) is 0 Å². The summed E-state index contributed by atoms with van der Waals surface area (Å²) >= 11 is -5.07. The van der Waals surface area contributed by atoms with Gasteiger partial charge < -0.3 is 0 Å². The molecule has 2 aromatic rings. The second-order valence-electron chi connectivity index (χ2n) is 8.72.